The molecule has 2 N–H and O–H groups in total. The molecule has 3 aliphatic rings. The summed E-state index contributed by atoms with van der Waals surface area (Å²) in [6, 6.07) is 5.18. The van der Waals surface area contributed by atoms with Gasteiger partial charge in [0.15, 0.2) is 0 Å². The van der Waals surface area contributed by atoms with Gasteiger partial charge < -0.3 is 19.8 Å². The Morgan fingerprint density at radius 3 is 2.82 bits per heavy atom. The van der Waals surface area contributed by atoms with Crippen LogP contribution < -0.4 is 0 Å². The highest BCUT2D eigenvalue weighted by molar-refractivity contribution is 5.97. The number of amides is 1. The predicted molar refractivity (Wildman–Crippen MR) is 106 cm³/mol. The van der Waals surface area contributed by atoms with Gasteiger partial charge in [-0.3, -0.25) is 9.69 Å². The third-order valence-corrected chi connectivity index (χ3v) is 6.72. The summed E-state index contributed by atoms with van der Waals surface area (Å²) in [6.07, 6.45) is 4.94. The lowest BCUT2D eigenvalue weighted by Crippen LogP contribution is -2.44. The van der Waals surface area contributed by atoms with Gasteiger partial charge in [0.05, 0.1) is 24.4 Å². The van der Waals surface area contributed by atoms with Gasteiger partial charge >= 0.3 is 0 Å². The number of carbonyl (C=O) groups excluding carboxylic acids is 1. The molecule has 28 heavy (non-hydrogen) atoms. The second kappa shape index (κ2) is 8.01. The number of rotatable bonds is 3. The molecule has 154 valence electrons. The number of likely N-dealkylation sites (tertiary alicyclic amines) is 2. The number of β-amino-alcohol motifs (C(OH)–C–C–N with tert-alkyl or cyclic N) is 1. The molecule has 3 fully saturated rings. The number of carbonyl (C=O) groups is 1. The van der Waals surface area contributed by atoms with Crippen molar-refractivity contribution in [3.05, 3.63) is 29.3 Å². The normalized spacial score (nSPS) is 28.0. The first-order valence-corrected chi connectivity index (χ1v) is 10.6. The Morgan fingerprint density at radius 1 is 1.29 bits per heavy atom. The smallest absolute Gasteiger partial charge is 0.257 e. The summed E-state index contributed by atoms with van der Waals surface area (Å²) in [7, 11) is 0. The van der Waals surface area contributed by atoms with E-state index in [4.69, 9.17) is 4.74 Å². The maximum Gasteiger partial charge on any atom is 0.257 e. The number of ether oxygens (including phenoxy) is 1. The molecule has 3 saturated heterocycles. The molecule has 4 rings (SSSR count). The van der Waals surface area contributed by atoms with E-state index in [2.05, 4.69) is 4.90 Å². The summed E-state index contributed by atoms with van der Waals surface area (Å²) in [5.74, 6) is -0.0160. The van der Waals surface area contributed by atoms with Gasteiger partial charge in [-0.2, -0.15) is 0 Å². The van der Waals surface area contributed by atoms with Gasteiger partial charge in [0.25, 0.3) is 5.91 Å². The Balaban J connectivity index is 1.31. The van der Waals surface area contributed by atoms with E-state index in [-0.39, 0.29) is 29.3 Å². The number of phenols is 1. The lowest BCUT2D eigenvalue weighted by molar-refractivity contribution is 0.0227. The average Bonchev–Trinajstić information content (AvgIpc) is 3.06. The quantitative estimate of drug-likeness (QED) is 0.830. The van der Waals surface area contributed by atoms with Crippen LogP contribution in [0.5, 0.6) is 5.75 Å². The zero-order chi connectivity index (χ0) is 19.7. The van der Waals surface area contributed by atoms with Crippen molar-refractivity contribution < 1.29 is 19.7 Å². The van der Waals surface area contributed by atoms with Crippen LogP contribution in [0.4, 0.5) is 0 Å². The first-order valence-electron chi connectivity index (χ1n) is 10.6. The summed E-state index contributed by atoms with van der Waals surface area (Å²) in [5.41, 5.74) is 1.55. The number of piperidine rings is 2. The molecule has 0 radical (unpaired) electrons. The van der Waals surface area contributed by atoms with Crippen molar-refractivity contribution in [2.24, 2.45) is 5.41 Å². The molecule has 6 heteroatoms. The molecule has 0 bridgehead atoms. The third-order valence-electron chi connectivity index (χ3n) is 6.72. The van der Waals surface area contributed by atoms with Crippen LogP contribution in [0.1, 0.15) is 48.0 Å². The summed E-state index contributed by atoms with van der Waals surface area (Å²) in [5, 5.41) is 19.9. The Kier molecular flexibility index (Phi) is 5.63. The number of aromatic hydroxyl groups is 1. The van der Waals surface area contributed by atoms with Crippen LogP contribution in [0.3, 0.4) is 0 Å². The monoisotopic (exact) mass is 388 g/mol. The highest BCUT2D eigenvalue weighted by Gasteiger charge is 2.43. The Morgan fingerprint density at radius 2 is 2.07 bits per heavy atom. The van der Waals surface area contributed by atoms with Crippen molar-refractivity contribution >= 4 is 5.91 Å². The lowest BCUT2D eigenvalue weighted by atomic mass is 9.76. The minimum Gasteiger partial charge on any atom is -0.507 e. The number of aryl methyl sites for hydroxylation is 1. The molecule has 6 nitrogen and oxygen atoms in total. The number of hydrogen-bond acceptors (Lipinski definition) is 5. The van der Waals surface area contributed by atoms with Crippen LogP contribution in [-0.4, -0.2) is 77.5 Å². The van der Waals surface area contributed by atoms with Gasteiger partial charge in [-0.25, -0.2) is 0 Å². The molecule has 0 unspecified atom stereocenters. The van der Waals surface area contributed by atoms with Crippen LogP contribution in [-0.2, 0) is 4.74 Å². The first-order chi connectivity index (χ1) is 13.4. The van der Waals surface area contributed by atoms with Crippen molar-refractivity contribution in [2.75, 3.05) is 39.3 Å². The van der Waals surface area contributed by atoms with Crippen LogP contribution in [0, 0.1) is 12.3 Å². The molecule has 0 saturated carbocycles. The number of hydrogen-bond donors (Lipinski definition) is 2. The fourth-order valence-electron chi connectivity index (χ4n) is 5.02. The Hall–Kier alpha value is -1.63. The molecular formula is C22H32N2O4. The maximum atomic E-state index is 12.8. The van der Waals surface area contributed by atoms with Crippen molar-refractivity contribution in [3.63, 3.8) is 0 Å². The second-order valence-electron chi connectivity index (χ2n) is 9.01. The Labute approximate surface area is 167 Å². The Bertz CT molecular complexity index is 714. The van der Waals surface area contributed by atoms with Gasteiger partial charge in [-0.1, -0.05) is 11.6 Å². The predicted octanol–water partition coefficient (Wildman–Crippen LogP) is 2.17. The molecule has 2 atom stereocenters. The molecule has 3 heterocycles. The standard InChI is InChI=1S/C22H32N2O4/c1-16-4-5-20(26)19(11-16)21(27)24-9-6-22(7-10-24)12-18(28-15-22)14-23-8-2-3-17(25)13-23/h4-5,11,17-18,25-26H,2-3,6-10,12-15H2,1H3/t17-,18-/m0/s1. The summed E-state index contributed by atoms with van der Waals surface area (Å²) >= 11 is 0. The van der Waals surface area contributed by atoms with Crippen molar-refractivity contribution in [2.45, 2.75) is 51.2 Å². The van der Waals surface area contributed by atoms with Gasteiger partial charge in [-0.05, 0) is 63.1 Å². The second-order valence-corrected chi connectivity index (χ2v) is 9.01. The van der Waals surface area contributed by atoms with Gasteiger partial charge in [0.1, 0.15) is 5.75 Å². The SMILES string of the molecule is Cc1ccc(O)c(C(=O)N2CCC3(CC2)CO[C@H](CN2CCC[C@H](O)C2)C3)c1. The van der Waals surface area contributed by atoms with Crippen molar-refractivity contribution in [1.29, 1.82) is 0 Å². The van der Waals surface area contributed by atoms with E-state index in [1.54, 1.807) is 12.1 Å². The fourth-order valence-corrected chi connectivity index (χ4v) is 5.02. The van der Waals surface area contributed by atoms with Gasteiger partial charge in [0.2, 0.25) is 0 Å². The first kappa shape index (κ1) is 19.7. The molecule has 3 aliphatic heterocycles. The maximum absolute atomic E-state index is 12.8. The molecule has 0 aromatic heterocycles. The van der Waals surface area contributed by atoms with E-state index in [0.717, 1.165) is 63.9 Å². The third kappa shape index (κ3) is 4.19. The molecule has 1 aromatic carbocycles. The summed E-state index contributed by atoms with van der Waals surface area (Å²) < 4.78 is 6.13. The zero-order valence-electron chi connectivity index (χ0n) is 16.8. The molecule has 1 spiro atoms. The topological polar surface area (TPSA) is 73.2 Å². The average molecular weight is 389 g/mol. The molecular weight excluding hydrogens is 356 g/mol. The van der Waals surface area contributed by atoms with Crippen LogP contribution >= 0.6 is 0 Å². The summed E-state index contributed by atoms with van der Waals surface area (Å²) in [4.78, 5) is 17.0. The van der Waals surface area contributed by atoms with Crippen molar-refractivity contribution in [1.82, 2.24) is 9.80 Å². The van der Waals surface area contributed by atoms with E-state index < -0.39 is 0 Å². The van der Waals surface area contributed by atoms with Gasteiger partial charge in [0, 0.05) is 26.2 Å². The highest BCUT2D eigenvalue weighted by atomic mass is 16.5. The zero-order valence-corrected chi connectivity index (χ0v) is 16.8. The molecule has 0 aliphatic carbocycles. The lowest BCUT2D eigenvalue weighted by Gasteiger charge is -2.38. The number of phenolic OH excluding ortho intramolecular Hbond substituents is 1. The van der Waals surface area contributed by atoms with E-state index in [9.17, 15) is 15.0 Å². The highest BCUT2D eigenvalue weighted by Crippen LogP contribution is 2.42. The van der Waals surface area contributed by atoms with Crippen LogP contribution in [0.15, 0.2) is 18.2 Å². The fraction of sp³-hybridized carbons (Fsp3) is 0.682. The largest absolute Gasteiger partial charge is 0.507 e. The minimum absolute atomic E-state index is 0.0591. The number of nitrogens with zero attached hydrogens (tertiary/aromatic N) is 2. The van der Waals surface area contributed by atoms with E-state index >= 15 is 0 Å². The molecule has 1 aromatic rings. The van der Waals surface area contributed by atoms with Crippen molar-refractivity contribution in [3.8, 4) is 5.75 Å². The van der Waals surface area contributed by atoms with Crippen LogP contribution in [0.2, 0.25) is 0 Å². The number of aliphatic hydroxyl groups is 1. The van der Waals surface area contributed by atoms with E-state index in [1.807, 2.05) is 17.9 Å². The van der Waals surface area contributed by atoms with E-state index in [0.29, 0.717) is 18.7 Å². The summed E-state index contributed by atoms with van der Waals surface area (Å²) in [6.45, 7) is 6.83. The van der Waals surface area contributed by atoms with E-state index in [1.165, 1.54) is 0 Å². The molecule has 1 amide bonds. The minimum atomic E-state index is -0.198. The van der Waals surface area contributed by atoms with Gasteiger partial charge in [-0.15, -0.1) is 0 Å². The number of aliphatic hydroxyl groups excluding tert-OH is 1. The van der Waals surface area contributed by atoms with Crippen LogP contribution in [0.25, 0.3) is 0 Å². The number of benzene rings is 1.